The fraction of sp³-hybridized carbons (Fsp3) is 0.667. The Morgan fingerprint density at radius 3 is 2.81 bits per heavy atom. The van der Waals surface area contributed by atoms with Gasteiger partial charge in [0.2, 0.25) is 0 Å². The molecule has 114 valence electrons. The average molecular weight is 290 g/mol. The van der Waals surface area contributed by atoms with Crippen molar-refractivity contribution in [1.82, 2.24) is 10.3 Å². The predicted molar refractivity (Wildman–Crippen MR) is 81.7 cm³/mol. The van der Waals surface area contributed by atoms with Crippen LogP contribution in [0.3, 0.4) is 0 Å². The van der Waals surface area contributed by atoms with Gasteiger partial charge in [-0.3, -0.25) is 10.1 Å². The summed E-state index contributed by atoms with van der Waals surface area (Å²) >= 11 is 0. The van der Waals surface area contributed by atoms with Crippen LogP contribution in [0.2, 0.25) is 0 Å². The van der Waals surface area contributed by atoms with Crippen molar-refractivity contribution in [2.24, 2.45) is 0 Å². The highest BCUT2D eigenvalue weighted by Crippen LogP contribution is 2.37. The standard InChI is InChI=1S/C15H22N4O2/c1-12-9-14(17-10-13(12)19(20)21)18-8-7-16-11-15(18)5-3-2-4-6-15/h9-10,16H,2-8,11H2,1H3. The van der Waals surface area contributed by atoms with Crippen LogP contribution < -0.4 is 10.2 Å². The highest BCUT2D eigenvalue weighted by Gasteiger charge is 2.40. The third-order valence-electron chi connectivity index (χ3n) is 4.87. The van der Waals surface area contributed by atoms with Crippen LogP contribution in [0, 0.1) is 17.0 Å². The molecule has 3 rings (SSSR count). The topological polar surface area (TPSA) is 71.3 Å². The number of rotatable bonds is 2. The second-order valence-corrected chi connectivity index (χ2v) is 6.20. The summed E-state index contributed by atoms with van der Waals surface area (Å²) in [4.78, 5) is 17.4. The molecule has 0 atom stereocenters. The summed E-state index contributed by atoms with van der Waals surface area (Å²) in [5.74, 6) is 0.890. The average Bonchev–Trinajstić information content (AvgIpc) is 2.48. The summed E-state index contributed by atoms with van der Waals surface area (Å²) in [5, 5.41) is 14.5. The molecule has 2 aliphatic rings. The zero-order chi connectivity index (χ0) is 14.9. The molecule has 1 aliphatic carbocycles. The van der Waals surface area contributed by atoms with Gasteiger partial charge in [-0.1, -0.05) is 19.3 Å². The Hall–Kier alpha value is -1.69. The van der Waals surface area contributed by atoms with Crippen molar-refractivity contribution in [2.75, 3.05) is 24.5 Å². The maximum absolute atomic E-state index is 10.9. The van der Waals surface area contributed by atoms with Gasteiger partial charge >= 0.3 is 0 Å². The molecule has 0 aromatic carbocycles. The SMILES string of the molecule is Cc1cc(N2CCNCC23CCCCC3)ncc1[N+](=O)[O-]. The Bertz CT molecular complexity index is 532. The van der Waals surface area contributed by atoms with Gasteiger partial charge in [0.05, 0.1) is 10.5 Å². The lowest BCUT2D eigenvalue weighted by Gasteiger charge is -2.50. The van der Waals surface area contributed by atoms with Crippen molar-refractivity contribution >= 4 is 11.5 Å². The number of aromatic nitrogens is 1. The minimum Gasteiger partial charge on any atom is -0.348 e. The molecular weight excluding hydrogens is 268 g/mol. The van der Waals surface area contributed by atoms with Crippen molar-refractivity contribution in [1.29, 1.82) is 0 Å². The lowest BCUT2D eigenvalue weighted by atomic mass is 9.79. The van der Waals surface area contributed by atoms with Crippen molar-refractivity contribution in [2.45, 2.75) is 44.6 Å². The molecule has 0 amide bonds. The van der Waals surface area contributed by atoms with Gasteiger partial charge in [0.1, 0.15) is 12.0 Å². The number of aryl methyl sites for hydroxylation is 1. The van der Waals surface area contributed by atoms with E-state index in [9.17, 15) is 10.1 Å². The predicted octanol–water partition coefficient (Wildman–Crippen LogP) is 2.41. The van der Waals surface area contributed by atoms with E-state index in [1.165, 1.54) is 38.3 Å². The Balaban J connectivity index is 1.93. The summed E-state index contributed by atoms with van der Waals surface area (Å²) in [7, 11) is 0. The van der Waals surface area contributed by atoms with Gasteiger partial charge in [0.15, 0.2) is 0 Å². The number of hydrogen-bond acceptors (Lipinski definition) is 5. The van der Waals surface area contributed by atoms with E-state index in [1.807, 2.05) is 6.07 Å². The van der Waals surface area contributed by atoms with Crippen LogP contribution in [0.25, 0.3) is 0 Å². The van der Waals surface area contributed by atoms with Crippen LogP contribution in [-0.4, -0.2) is 35.1 Å². The monoisotopic (exact) mass is 290 g/mol. The van der Waals surface area contributed by atoms with Crippen LogP contribution >= 0.6 is 0 Å². The lowest BCUT2D eigenvalue weighted by molar-refractivity contribution is -0.385. The molecule has 1 N–H and O–H groups in total. The Kier molecular flexibility index (Phi) is 3.80. The number of piperazine rings is 1. The molecular formula is C15H22N4O2. The van der Waals surface area contributed by atoms with Crippen molar-refractivity contribution < 1.29 is 4.92 Å². The Labute approximate surface area is 124 Å². The molecule has 2 fully saturated rings. The molecule has 1 aromatic heterocycles. The van der Waals surface area contributed by atoms with E-state index in [1.54, 1.807) is 6.92 Å². The van der Waals surface area contributed by atoms with E-state index in [0.717, 1.165) is 25.5 Å². The summed E-state index contributed by atoms with van der Waals surface area (Å²) in [6.07, 6.45) is 7.58. The van der Waals surface area contributed by atoms with Gasteiger partial charge < -0.3 is 10.2 Å². The van der Waals surface area contributed by atoms with E-state index in [-0.39, 0.29) is 16.1 Å². The molecule has 6 nitrogen and oxygen atoms in total. The van der Waals surface area contributed by atoms with Gasteiger partial charge in [-0.05, 0) is 25.8 Å². The van der Waals surface area contributed by atoms with E-state index < -0.39 is 0 Å². The summed E-state index contributed by atoms with van der Waals surface area (Å²) in [6, 6.07) is 1.87. The van der Waals surface area contributed by atoms with Gasteiger partial charge in [-0.2, -0.15) is 0 Å². The quantitative estimate of drug-likeness (QED) is 0.669. The van der Waals surface area contributed by atoms with E-state index in [2.05, 4.69) is 15.2 Å². The van der Waals surface area contributed by atoms with Crippen molar-refractivity contribution in [3.8, 4) is 0 Å². The van der Waals surface area contributed by atoms with Crippen molar-refractivity contribution in [3.63, 3.8) is 0 Å². The second kappa shape index (κ2) is 5.60. The van der Waals surface area contributed by atoms with Crippen LogP contribution in [0.1, 0.15) is 37.7 Å². The molecule has 1 aliphatic heterocycles. The molecule has 0 radical (unpaired) electrons. The second-order valence-electron chi connectivity index (χ2n) is 6.20. The molecule has 1 aromatic rings. The largest absolute Gasteiger partial charge is 0.348 e. The fourth-order valence-corrected chi connectivity index (χ4v) is 3.73. The number of pyridine rings is 1. The minimum absolute atomic E-state index is 0.103. The van der Waals surface area contributed by atoms with E-state index in [0.29, 0.717) is 5.56 Å². The first-order valence-corrected chi connectivity index (χ1v) is 7.72. The molecule has 2 heterocycles. The maximum Gasteiger partial charge on any atom is 0.290 e. The maximum atomic E-state index is 10.9. The van der Waals surface area contributed by atoms with Crippen LogP contribution in [-0.2, 0) is 0 Å². The van der Waals surface area contributed by atoms with Crippen molar-refractivity contribution in [3.05, 3.63) is 27.9 Å². The smallest absolute Gasteiger partial charge is 0.290 e. The van der Waals surface area contributed by atoms with Gasteiger partial charge in [0.25, 0.3) is 5.69 Å². The number of nitrogens with zero attached hydrogens (tertiary/aromatic N) is 3. The molecule has 0 unspecified atom stereocenters. The molecule has 21 heavy (non-hydrogen) atoms. The molecule has 6 heteroatoms. The van der Waals surface area contributed by atoms with Crippen LogP contribution in [0.4, 0.5) is 11.5 Å². The molecule has 1 saturated heterocycles. The van der Waals surface area contributed by atoms with Gasteiger partial charge in [-0.15, -0.1) is 0 Å². The Morgan fingerprint density at radius 2 is 2.14 bits per heavy atom. The highest BCUT2D eigenvalue weighted by atomic mass is 16.6. The zero-order valence-corrected chi connectivity index (χ0v) is 12.5. The zero-order valence-electron chi connectivity index (χ0n) is 12.5. The lowest BCUT2D eigenvalue weighted by Crippen LogP contribution is -2.62. The van der Waals surface area contributed by atoms with Gasteiger partial charge in [-0.25, -0.2) is 4.98 Å². The third kappa shape index (κ3) is 2.60. The summed E-state index contributed by atoms with van der Waals surface area (Å²) < 4.78 is 0. The fourth-order valence-electron chi connectivity index (χ4n) is 3.73. The number of anilines is 1. The summed E-state index contributed by atoms with van der Waals surface area (Å²) in [5.41, 5.74) is 0.938. The third-order valence-corrected chi connectivity index (χ3v) is 4.87. The number of nitrogens with one attached hydrogen (secondary N) is 1. The Morgan fingerprint density at radius 1 is 1.38 bits per heavy atom. The van der Waals surface area contributed by atoms with Crippen LogP contribution in [0.5, 0.6) is 0 Å². The van der Waals surface area contributed by atoms with Crippen LogP contribution in [0.15, 0.2) is 12.3 Å². The highest BCUT2D eigenvalue weighted by molar-refractivity contribution is 5.51. The molecule has 0 bridgehead atoms. The van der Waals surface area contributed by atoms with Gasteiger partial charge in [0, 0.05) is 25.2 Å². The van der Waals surface area contributed by atoms with E-state index >= 15 is 0 Å². The minimum atomic E-state index is -0.361. The first-order valence-electron chi connectivity index (χ1n) is 7.72. The normalized spacial score (nSPS) is 21.5. The molecule has 1 saturated carbocycles. The number of hydrogen-bond donors (Lipinski definition) is 1. The first-order chi connectivity index (χ1) is 10.1. The summed E-state index contributed by atoms with van der Waals surface area (Å²) in [6.45, 7) is 4.65. The number of nitro groups is 1. The molecule has 1 spiro atoms. The first kappa shape index (κ1) is 14.3. The van der Waals surface area contributed by atoms with E-state index in [4.69, 9.17) is 0 Å².